The minimum atomic E-state index is -0.436. The Morgan fingerprint density at radius 1 is 1.53 bits per heavy atom. The summed E-state index contributed by atoms with van der Waals surface area (Å²) in [6.07, 6.45) is 3.22. The number of rotatable bonds is 6. The number of nitrogen functional groups attached to an aromatic ring is 1. The fourth-order valence-corrected chi connectivity index (χ4v) is 1.61. The van der Waals surface area contributed by atoms with Crippen molar-refractivity contribution in [2.75, 3.05) is 23.7 Å². The Balaban J connectivity index is 2.94. The van der Waals surface area contributed by atoms with Crippen molar-refractivity contribution >= 4 is 29.1 Å². The highest BCUT2D eigenvalue weighted by molar-refractivity contribution is 6.35. The first kappa shape index (κ1) is 13.5. The molecule has 0 fully saturated rings. The predicted molar refractivity (Wildman–Crippen MR) is 67.8 cm³/mol. The van der Waals surface area contributed by atoms with E-state index in [-0.39, 0.29) is 17.4 Å². The molecule has 1 amide bonds. The summed E-state index contributed by atoms with van der Waals surface area (Å²) < 4.78 is 0. The van der Waals surface area contributed by atoms with Gasteiger partial charge in [-0.2, -0.15) is 0 Å². The number of nitrogens with zero attached hydrogens (tertiary/aromatic N) is 3. The normalized spacial score (nSPS) is 10.2. The molecule has 0 unspecified atom stereocenters. The third-order valence-electron chi connectivity index (χ3n) is 2.23. The molecule has 0 aromatic carbocycles. The number of primary amides is 1. The number of amides is 1. The van der Waals surface area contributed by atoms with Gasteiger partial charge >= 0.3 is 0 Å². The van der Waals surface area contributed by atoms with Gasteiger partial charge in [0.15, 0.2) is 5.82 Å². The first-order valence-corrected chi connectivity index (χ1v) is 5.73. The van der Waals surface area contributed by atoms with Gasteiger partial charge in [-0.25, -0.2) is 9.97 Å². The van der Waals surface area contributed by atoms with Gasteiger partial charge in [0.25, 0.3) is 0 Å². The van der Waals surface area contributed by atoms with Gasteiger partial charge in [-0.05, 0) is 6.42 Å². The van der Waals surface area contributed by atoms with Crippen LogP contribution in [0.4, 0.5) is 11.6 Å². The van der Waals surface area contributed by atoms with Crippen LogP contribution in [0.15, 0.2) is 6.33 Å². The second kappa shape index (κ2) is 6.24. The van der Waals surface area contributed by atoms with Crippen molar-refractivity contribution in [3.63, 3.8) is 0 Å². The van der Waals surface area contributed by atoms with E-state index in [4.69, 9.17) is 23.1 Å². The second-order valence-electron chi connectivity index (χ2n) is 3.64. The highest BCUT2D eigenvalue weighted by atomic mass is 35.5. The summed E-state index contributed by atoms with van der Waals surface area (Å²) in [6.45, 7) is 2.77. The smallest absolute Gasteiger partial charge is 0.236 e. The molecule has 0 aliphatic heterocycles. The van der Waals surface area contributed by atoms with Gasteiger partial charge in [-0.1, -0.05) is 24.9 Å². The average molecular weight is 258 g/mol. The molecular weight excluding hydrogens is 242 g/mol. The molecule has 0 spiro atoms. The monoisotopic (exact) mass is 257 g/mol. The quantitative estimate of drug-likeness (QED) is 0.786. The summed E-state index contributed by atoms with van der Waals surface area (Å²) >= 11 is 6.01. The van der Waals surface area contributed by atoms with Crippen LogP contribution < -0.4 is 16.4 Å². The van der Waals surface area contributed by atoms with Crippen molar-refractivity contribution in [2.45, 2.75) is 19.8 Å². The first-order chi connectivity index (χ1) is 8.06. The Morgan fingerprint density at radius 2 is 2.24 bits per heavy atom. The zero-order chi connectivity index (χ0) is 12.8. The lowest BCUT2D eigenvalue weighted by molar-refractivity contribution is -0.116. The number of halogens is 1. The Hall–Kier alpha value is -1.56. The molecule has 6 nitrogen and oxygen atoms in total. The number of hydrogen-bond acceptors (Lipinski definition) is 5. The number of unbranched alkanes of at least 4 members (excludes halogenated alkanes) is 1. The number of anilines is 2. The highest BCUT2D eigenvalue weighted by Crippen LogP contribution is 2.26. The molecule has 1 rings (SSSR count). The van der Waals surface area contributed by atoms with Crippen LogP contribution in [0.2, 0.25) is 5.02 Å². The summed E-state index contributed by atoms with van der Waals surface area (Å²) in [5, 5.41) is 0.254. The van der Waals surface area contributed by atoms with Crippen molar-refractivity contribution in [1.82, 2.24) is 9.97 Å². The van der Waals surface area contributed by atoms with E-state index in [1.165, 1.54) is 6.33 Å². The summed E-state index contributed by atoms with van der Waals surface area (Å²) in [5.74, 6) is 0.211. The molecule has 7 heteroatoms. The maximum Gasteiger partial charge on any atom is 0.236 e. The Bertz CT molecular complexity index is 398. The summed E-state index contributed by atoms with van der Waals surface area (Å²) in [6, 6.07) is 0. The molecule has 0 saturated heterocycles. The van der Waals surface area contributed by atoms with E-state index in [1.54, 1.807) is 4.90 Å². The Kier molecular flexibility index (Phi) is 4.96. The largest absolute Gasteiger partial charge is 0.382 e. The van der Waals surface area contributed by atoms with Gasteiger partial charge in [-0.3, -0.25) is 4.79 Å². The SMILES string of the molecule is CCCCN(CC(N)=O)c1ncnc(N)c1Cl. The predicted octanol–water partition coefficient (Wildman–Crippen LogP) is 0.804. The van der Waals surface area contributed by atoms with Gasteiger partial charge in [0.2, 0.25) is 5.91 Å². The third kappa shape index (κ3) is 3.74. The van der Waals surface area contributed by atoms with E-state index in [2.05, 4.69) is 16.9 Å². The molecule has 94 valence electrons. The molecule has 0 atom stereocenters. The summed E-state index contributed by atoms with van der Waals surface area (Å²) in [4.78, 5) is 20.5. The van der Waals surface area contributed by atoms with Crippen LogP contribution in [0.25, 0.3) is 0 Å². The van der Waals surface area contributed by atoms with Gasteiger partial charge in [0.1, 0.15) is 17.2 Å². The van der Waals surface area contributed by atoms with Crippen molar-refractivity contribution in [3.05, 3.63) is 11.3 Å². The molecule has 0 saturated carbocycles. The van der Waals surface area contributed by atoms with Gasteiger partial charge in [0, 0.05) is 6.54 Å². The Morgan fingerprint density at radius 3 is 2.82 bits per heavy atom. The minimum Gasteiger partial charge on any atom is -0.382 e. The van der Waals surface area contributed by atoms with Crippen molar-refractivity contribution < 1.29 is 4.79 Å². The number of carbonyl (C=O) groups excluding carboxylic acids is 1. The van der Waals surface area contributed by atoms with Crippen LogP contribution in [0.5, 0.6) is 0 Å². The fraction of sp³-hybridized carbons (Fsp3) is 0.500. The lowest BCUT2D eigenvalue weighted by atomic mass is 10.3. The topological polar surface area (TPSA) is 98.1 Å². The van der Waals surface area contributed by atoms with Gasteiger partial charge in [0.05, 0.1) is 6.54 Å². The van der Waals surface area contributed by atoms with E-state index < -0.39 is 5.91 Å². The molecule has 0 aliphatic rings. The van der Waals surface area contributed by atoms with Crippen LogP contribution in [0.3, 0.4) is 0 Å². The lowest BCUT2D eigenvalue weighted by Crippen LogP contribution is -2.35. The maximum atomic E-state index is 11.0. The molecule has 1 heterocycles. The van der Waals surface area contributed by atoms with E-state index in [0.29, 0.717) is 12.4 Å². The lowest BCUT2D eigenvalue weighted by Gasteiger charge is -2.22. The molecule has 17 heavy (non-hydrogen) atoms. The van der Waals surface area contributed by atoms with Crippen LogP contribution in [-0.2, 0) is 4.79 Å². The number of carbonyl (C=O) groups is 1. The van der Waals surface area contributed by atoms with Crippen LogP contribution >= 0.6 is 11.6 Å². The van der Waals surface area contributed by atoms with E-state index in [9.17, 15) is 4.79 Å². The highest BCUT2D eigenvalue weighted by Gasteiger charge is 2.15. The molecular formula is C10H16ClN5O. The van der Waals surface area contributed by atoms with Crippen LogP contribution in [0, 0.1) is 0 Å². The zero-order valence-corrected chi connectivity index (χ0v) is 10.4. The van der Waals surface area contributed by atoms with Crippen molar-refractivity contribution in [1.29, 1.82) is 0 Å². The molecule has 0 aliphatic carbocycles. The van der Waals surface area contributed by atoms with Crippen LogP contribution in [-0.4, -0.2) is 29.0 Å². The maximum absolute atomic E-state index is 11.0. The third-order valence-corrected chi connectivity index (χ3v) is 2.59. The number of hydrogen-bond donors (Lipinski definition) is 2. The average Bonchev–Trinajstić information content (AvgIpc) is 2.28. The molecule has 1 aromatic heterocycles. The van der Waals surface area contributed by atoms with E-state index in [0.717, 1.165) is 12.8 Å². The number of aromatic nitrogens is 2. The van der Waals surface area contributed by atoms with Gasteiger partial charge in [-0.15, -0.1) is 0 Å². The molecule has 1 aromatic rings. The van der Waals surface area contributed by atoms with Crippen molar-refractivity contribution in [3.8, 4) is 0 Å². The zero-order valence-electron chi connectivity index (χ0n) is 9.69. The second-order valence-corrected chi connectivity index (χ2v) is 4.02. The Labute approximate surface area is 105 Å². The van der Waals surface area contributed by atoms with E-state index in [1.807, 2.05) is 0 Å². The minimum absolute atomic E-state index is 0.0656. The standard InChI is InChI=1S/C10H16ClN5O/c1-2-3-4-16(5-7(12)17)10-8(11)9(13)14-6-15-10/h6H,2-5H2,1H3,(H2,12,17)(H2,13,14,15). The summed E-state index contributed by atoms with van der Waals surface area (Å²) in [5.41, 5.74) is 10.8. The van der Waals surface area contributed by atoms with Crippen LogP contribution in [0.1, 0.15) is 19.8 Å². The first-order valence-electron chi connectivity index (χ1n) is 5.35. The van der Waals surface area contributed by atoms with Gasteiger partial charge < -0.3 is 16.4 Å². The molecule has 0 bridgehead atoms. The van der Waals surface area contributed by atoms with E-state index >= 15 is 0 Å². The number of nitrogens with two attached hydrogens (primary N) is 2. The fourth-order valence-electron chi connectivity index (χ4n) is 1.39. The van der Waals surface area contributed by atoms with Crippen molar-refractivity contribution in [2.24, 2.45) is 5.73 Å². The molecule has 0 radical (unpaired) electrons. The summed E-state index contributed by atoms with van der Waals surface area (Å²) in [7, 11) is 0. The molecule has 4 N–H and O–H groups in total.